The average Bonchev–Trinajstić information content (AvgIpc) is 3.86. The summed E-state index contributed by atoms with van der Waals surface area (Å²) >= 11 is 3.44. The Hall–Kier alpha value is -6.67. The van der Waals surface area contributed by atoms with Crippen LogP contribution in [0, 0.1) is 0 Å². The molecule has 6 aromatic carbocycles. The maximum absolute atomic E-state index is 5.28. The van der Waals surface area contributed by atoms with Gasteiger partial charge in [-0.3, -0.25) is 0 Å². The van der Waals surface area contributed by atoms with Gasteiger partial charge in [-0.05, 0) is 42.2 Å². The van der Waals surface area contributed by atoms with Crippen LogP contribution in [0.25, 0.3) is 70.5 Å². The smallest absolute Gasteiger partial charge is 0.164 e. The Balaban J connectivity index is 1.19. The lowest BCUT2D eigenvalue weighted by molar-refractivity contribution is 1.06. The van der Waals surface area contributed by atoms with Crippen molar-refractivity contribution in [2.75, 3.05) is 0 Å². The van der Waals surface area contributed by atoms with E-state index in [1.54, 1.807) is 22.7 Å². The predicted octanol–water partition coefficient (Wildman–Crippen LogP) is 13.6. The molecule has 0 aliphatic carbocycles. The molecular weight excluding hydrogens is 723 g/mol. The van der Waals surface area contributed by atoms with Crippen LogP contribution in [-0.2, 0) is 0 Å². The van der Waals surface area contributed by atoms with Crippen molar-refractivity contribution in [3.05, 3.63) is 186 Å². The molecule has 0 radical (unpaired) electrons. The van der Waals surface area contributed by atoms with Crippen molar-refractivity contribution in [2.45, 2.75) is 12.8 Å². The highest BCUT2D eigenvalue weighted by molar-refractivity contribution is 7.26. The van der Waals surface area contributed by atoms with Gasteiger partial charge < -0.3 is 0 Å². The molecule has 3 aromatic heterocycles. The maximum atomic E-state index is 5.28. The molecule has 9 rings (SSSR count). The molecule has 9 aromatic rings. The molecule has 0 N–H and O–H groups in total. The summed E-state index contributed by atoms with van der Waals surface area (Å²) in [4.78, 5) is 25.5. The minimum absolute atomic E-state index is 0.629. The van der Waals surface area contributed by atoms with E-state index < -0.39 is 0 Å². The summed E-state index contributed by atoms with van der Waals surface area (Å²) in [7, 11) is 0. The Morgan fingerprint density at radius 1 is 0.607 bits per heavy atom. The van der Waals surface area contributed by atoms with E-state index in [4.69, 9.17) is 24.9 Å². The second-order valence-corrected chi connectivity index (χ2v) is 15.2. The van der Waals surface area contributed by atoms with Gasteiger partial charge in [0.25, 0.3) is 0 Å². The zero-order valence-electron chi connectivity index (χ0n) is 30.4. The molecule has 56 heavy (non-hydrogen) atoms. The summed E-state index contributed by atoms with van der Waals surface area (Å²) in [5, 5.41) is 5.43. The molecule has 7 heteroatoms. The van der Waals surface area contributed by atoms with Crippen molar-refractivity contribution in [1.29, 1.82) is 0 Å². The van der Waals surface area contributed by atoms with E-state index in [-0.39, 0.29) is 0 Å². The minimum atomic E-state index is 0.629. The highest BCUT2D eigenvalue weighted by Gasteiger charge is 2.19. The van der Waals surface area contributed by atoms with E-state index in [1.165, 1.54) is 4.70 Å². The van der Waals surface area contributed by atoms with E-state index in [0.717, 1.165) is 77.5 Å². The Kier molecular flexibility index (Phi) is 10.00. The van der Waals surface area contributed by atoms with Crippen LogP contribution in [0.3, 0.4) is 0 Å². The Morgan fingerprint density at radius 2 is 1.25 bits per heavy atom. The number of fused-ring (bicyclic) bond motifs is 4. The maximum Gasteiger partial charge on any atom is 0.164 e. The Labute approximate surface area is 333 Å². The molecule has 0 unspecified atom stereocenters. The fraction of sp³-hybridized carbons (Fsp3) is 0.0408. The van der Waals surface area contributed by atoms with Crippen LogP contribution in [0.1, 0.15) is 29.5 Å². The molecule has 0 fully saturated rings. The van der Waals surface area contributed by atoms with Crippen LogP contribution in [0.2, 0.25) is 0 Å². The van der Waals surface area contributed by atoms with Gasteiger partial charge in [0.2, 0.25) is 0 Å². The van der Waals surface area contributed by atoms with Gasteiger partial charge in [-0.1, -0.05) is 146 Å². The second-order valence-electron chi connectivity index (χ2n) is 13.2. The molecule has 268 valence electrons. The predicted molar refractivity (Wildman–Crippen MR) is 240 cm³/mol. The molecular formula is C49H35N5S2. The number of hydrogen-bond donors (Lipinski definition) is 0. The number of hydrogen-bond acceptors (Lipinski definition) is 6. The van der Waals surface area contributed by atoms with Gasteiger partial charge in [0.15, 0.2) is 23.3 Å². The van der Waals surface area contributed by atoms with Gasteiger partial charge in [-0.25, -0.2) is 24.9 Å². The molecule has 0 bridgehead atoms. The number of amidine groups is 1. The average molecular weight is 758 g/mol. The normalized spacial score (nSPS) is 12.1. The van der Waals surface area contributed by atoms with Gasteiger partial charge in [0.05, 0.1) is 5.69 Å². The first-order valence-corrected chi connectivity index (χ1v) is 20.2. The number of allylic oxidation sites excluding steroid dienone is 2. The number of aromatic nitrogens is 3. The zero-order chi connectivity index (χ0) is 37.7. The number of unbranched alkanes of at least 4 members (excludes halogenated alkanes) is 1. The largest absolute Gasteiger partial charge is 0.236 e. The first kappa shape index (κ1) is 35.1. The van der Waals surface area contributed by atoms with Gasteiger partial charge in [0.1, 0.15) is 0 Å². The highest BCUT2D eigenvalue weighted by Crippen LogP contribution is 2.42. The standard InChI is InChI=1S/C49H35N5S2/c1-2-3-4-7-16-33-27-29-34(30-28-33)31-50-48(51-41-32-55-42-25-13-12-21-37(41)42)40-24-14-22-38-44-39(23-15-26-43(44)56-45(38)40)49-53-46(35-17-8-5-9-18-35)52-47(54-49)36-19-10-6-11-20-36/h2,5-32H,1,3-4H2/b16-7+,50-31?,51-48?. The molecule has 0 saturated heterocycles. The number of rotatable bonds is 10. The highest BCUT2D eigenvalue weighted by atomic mass is 32.1. The number of thiophene rings is 2. The van der Waals surface area contributed by atoms with Crippen LogP contribution in [0.4, 0.5) is 5.69 Å². The van der Waals surface area contributed by atoms with E-state index >= 15 is 0 Å². The van der Waals surface area contributed by atoms with Crippen LogP contribution in [0.15, 0.2) is 180 Å². The third-order valence-corrected chi connectivity index (χ3v) is 11.7. The SMILES string of the molecule is C=CCC/C=C/c1ccc(C=NC(=Nc2csc3ccccc23)c2cccc3c2sc2cccc(-c4nc(-c5ccccc5)nc(-c5ccccc5)n4)c23)cc1. The quantitative estimate of drug-likeness (QED) is 0.0604. The monoisotopic (exact) mass is 757 g/mol. The first-order chi connectivity index (χ1) is 27.7. The fourth-order valence-electron chi connectivity index (χ4n) is 6.72. The molecule has 0 saturated carbocycles. The molecule has 0 aliphatic heterocycles. The Morgan fingerprint density at radius 3 is 2.00 bits per heavy atom. The lowest BCUT2D eigenvalue weighted by atomic mass is 10.0. The summed E-state index contributed by atoms with van der Waals surface area (Å²) in [6.07, 6.45) is 10.1. The van der Waals surface area contributed by atoms with Crippen molar-refractivity contribution >= 4 is 76.7 Å². The van der Waals surface area contributed by atoms with Crippen LogP contribution in [-0.4, -0.2) is 27.0 Å². The summed E-state index contributed by atoms with van der Waals surface area (Å²) in [5.74, 6) is 2.55. The third-order valence-electron chi connectivity index (χ3n) is 9.51. The first-order valence-electron chi connectivity index (χ1n) is 18.5. The molecule has 0 atom stereocenters. The van der Waals surface area contributed by atoms with E-state index in [0.29, 0.717) is 23.3 Å². The molecule has 0 aliphatic rings. The summed E-state index contributed by atoms with van der Waals surface area (Å²) in [6, 6.07) is 49.8. The van der Waals surface area contributed by atoms with Crippen molar-refractivity contribution in [1.82, 2.24) is 15.0 Å². The number of nitrogens with zero attached hydrogens (tertiary/aromatic N) is 5. The van der Waals surface area contributed by atoms with Crippen LogP contribution in [0.5, 0.6) is 0 Å². The minimum Gasteiger partial charge on any atom is -0.236 e. The van der Waals surface area contributed by atoms with E-state index in [2.05, 4.69) is 109 Å². The van der Waals surface area contributed by atoms with Crippen LogP contribution < -0.4 is 0 Å². The van der Waals surface area contributed by atoms with Crippen LogP contribution >= 0.6 is 22.7 Å². The molecule has 5 nitrogen and oxygen atoms in total. The van der Waals surface area contributed by atoms with Crippen molar-refractivity contribution in [2.24, 2.45) is 9.98 Å². The van der Waals surface area contributed by atoms with E-state index in [9.17, 15) is 0 Å². The lowest BCUT2D eigenvalue weighted by Gasteiger charge is -2.09. The van der Waals surface area contributed by atoms with Gasteiger partial charge in [-0.2, -0.15) is 0 Å². The van der Waals surface area contributed by atoms with E-state index in [1.807, 2.05) is 73.0 Å². The second kappa shape index (κ2) is 16.0. The van der Waals surface area contributed by atoms with Gasteiger partial charge in [-0.15, -0.1) is 29.3 Å². The van der Waals surface area contributed by atoms with Crippen molar-refractivity contribution in [3.8, 4) is 34.2 Å². The summed E-state index contributed by atoms with van der Waals surface area (Å²) < 4.78 is 3.43. The van der Waals surface area contributed by atoms with Crippen molar-refractivity contribution < 1.29 is 0 Å². The van der Waals surface area contributed by atoms with Gasteiger partial charge >= 0.3 is 0 Å². The zero-order valence-corrected chi connectivity index (χ0v) is 32.1. The lowest BCUT2D eigenvalue weighted by Crippen LogP contribution is -2.00. The third kappa shape index (κ3) is 7.26. The fourth-order valence-corrected chi connectivity index (χ4v) is 8.84. The molecule has 0 amide bonds. The molecule has 0 spiro atoms. The number of aliphatic imine (C=N–C) groups is 2. The Bertz CT molecular complexity index is 2860. The topological polar surface area (TPSA) is 63.4 Å². The molecule has 3 heterocycles. The number of benzene rings is 6. The summed E-state index contributed by atoms with van der Waals surface area (Å²) in [6.45, 7) is 3.82. The van der Waals surface area contributed by atoms with Crippen molar-refractivity contribution in [3.63, 3.8) is 0 Å². The van der Waals surface area contributed by atoms with Gasteiger partial charge in [0, 0.05) is 64.1 Å². The summed E-state index contributed by atoms with van der Waals surface area (Å²) in [5.41, 5.74) is 6.85.